The van der Waals surface area contributed by atoms with Crippen molar-refractivity contribution in [1.82, 2.24) is 9.80 Å². The van der Waals surface area contributed by atoms with E-state index < -0.39 is 0 Å². The largest absolute Gasteiger partial charge is 0.304 e. The van der Waals surface area contributed by atoms with E-state index in [1.54, 1.807) is 0 Å². The fourth-order valence-corrected chi connectivity index (χ4v) is 3.04. The molecular weight excluding hydrogens is 196 g/mol. The molecule has 0 saturated carbocycles. The first kappa shape index (κ1) is 14.0. The van der Waals surface area contributed by atoms with Crippen molar-refractivity contribution in [3.05, 3.63) is 0 Å². The van der Waals surface area contributed by atoms with Gasteiger partial charge < -0.3 is 9.80 Å². The van der Waals surface area contributed by atoms with Gasteiger partial charge in [0.05, 0.1) is 0 Å². The summed E-state index contributed by atoms with van der Waals surface area (Å²) in [5.41, 5.74) is 0.737. The van der Waals surface area contributed by atoms with E-state index in [2.05, 4.69) is 23.6 Å². The molecule has 0 aromatic heterocycles. The Morgan fingerprint density at radius 2 is 1.50 bits per heavy atom. The highest BCUT2D eigenvalue weighted by molar-refractivity contribution is 4.97. The molecule has 0 aromatic rings. The summed E-state index contributed by atoms with van der Waals surface area (Å²) in [5, 5.41) is 0. The molecule has 0 N–H and O–H groups in total. The average Bonchev–Trinajstić information content (AvgIpc) is 2.31. The Bertz CT molecular complexity index is 168. The summed E-state index contributed by atoms with van der Waals surface area (Å²) in [6.07, 6.45) is 4.21. The Morgan fingerprint density at radius 1 is 0.938 bits per heavy atom. The maximum Gasteiger partial charge on any atom is 0.00514 e. The first-order valence-electron chi connectivity index (χ1n) is 7.23. The lowest BCUT2D eigenvalue weighted by Gasteiger charge is -2.54. The molecule has 2 aliphatic rings. The highest BCUT2D eigenvalue weighted by Crippen LogP contribution is 2.40. The van der Waals surface area contributed by atoms with Gasteiger partial charge in [-0.15, -0.1) is 0 Å². The third kappa shape index (κ3) is 3.21. The summed E-state index contributed by atoms with van der Waals surface area (Å²) in [5.74, 6) is 0. The van der Waals surface area contributed by atoms with E-state index in [0.29, 0.717) is 0 Å². The standard InChI is InChI=1S/C12H24N2.C2H6/c1-3-7-14-10-12(11-14)5-8-13(4-2)9-6-12;1-2/h3-11H2,1-2H3;1-2H3. The second-order valence-corrected chi connectivity index (χ2v) is 5.14. The molecule has 0 amide bonds. The molecule has 16 heavy (non-hydrogen) atoms. The number of hydrogen-bond donors (Lipinski definition) is 0. The van der Waals surface area contributed by atoms with E-state index in [1.807, 2.05) is 13.8 Å². The quantitative estimate of drug-likeness (QED) is 0.730. The van der Waals surface area contributed by atoms with Crippen LogP contribution in [0.3, 0.4) is 0 Å². The lowest BCUT2D eigenvalue weighted by molar-refractivity contribution is -0.0451. The summed E-state index contributed by atoms with van der Waals surface area (Å²) in [6.45, 7) is 16.6. The fourth-order valence-electron chi connectivity index (χ4n) is 3.04. The van der Waals surface area contributed by atoms with Gasteiger partial charge in [-0.3, -0.25) is 0 Å². The van der Waals surface area contributed by atoms with Crippen LogP contribution in [0.5, 0.6) is 0 Å². The Morgan fingerprint density at radius 3 is 1.94 bits per heavy atom. The average molecular weight is 226 g/mol. The Hall–Kier alpha value is -0.0800. The molecule has 2 fully saturated rings. The van der Waals surface area contributed by atoms with Gasteiger partial charge >= 0.3 is 0 Å². The van der Waals surface area contributed by atoms with Crippen LogP contribution in [0.15, 0.2) is 0 Å². The molecule has 96 valence electrons. The molecule has 2 rings (SSSR count). The minimum Gasteiger partial charge on any atom is -0.304 e. The zero-order valence-corrected chi connectivity index (χ0v) is 11.8. The van der Waals surface area contributed by atoms with Crippen molar-refractivity contribution in [2.75, 3.05) is 39.3 Å². The summed E-state index contributed by atoms with van der Waals surface area (Å²) >= 11 is 0. The molecule has 0 bridgehead atoms. The van der Waals surface area contributed by atoms with E-state index in [-0.39, 0.29) is 0 Å². The van der Waals surface area contributed by atoms with Crippen molar-refractivity contribution in [3.63, 3.8) is 0 Å². The van der Waals surface area contributed by atoms with E-state index >= 15 is 0 Å². The summed E-state index contributed by atoms with van der Waals surface area (Å²) in [6, 6.07) is 0. The number of likely N-dealkylation sites (tertiary alicyclic amines) is 2. The molecule has 2 saturated heterocycles. The maximum atomic E-state index is 2.63. The van der Waals surface area contributed by atoms with E-state index in [4.69, 9.17) is 0 Å². The first-order valence-corrected chi connectivity index (χ1v) is 7.23. The van der Waals surface area contributed by atoms with Gasteiger partial charge in [0, 0.05) is 13.1 Å². The second-order valence-electron chi connectivity index (χ2n) is 5.14. The highest BCUT2D eigenvalue weighted by Gasteiger charge is 2.43. The molecule has 2 heteroatoms. The topological polar surface area (TPSA) is 6.48 Å². The Labute approximate surface area is 102 Å². The van der Waals surface area contributed by atoms with Gasteiger partial charge in [-0.25, -0.2) is 0 Å². The van der Waals surface area contributed by atoms with Crippen molar-refractivity contribution in [2.45, 2.75) is 47.0 Å². The molecule has 0 aliphatic carbocycles. The van der Waals surface area contributed by atoms with Crippen LogP contribution >= 0.6 is 0 Å². The van der Waals surface area contributed by atoms with Gasteiger partial charge in [-0.05, 0) is 50.9 Å². The van der Waals surface area contributed by atoms with Gasteiger partial charge in [-0.2, -0.15) is 0 Å². The molecule has 2 aliphatic heterocycles. The first-order chi connectivity index (χ1) is 7.78. The number of rotatable bonds is 3. The summed E-state index contributed by atoms with van der Waals surface area (Å²) in [4.78, 5) is 5.22. The predicted molar refractivity (Wildman–Crippen MR) is 71.9 cm³/mol. The SMILES string of the molecule is CC.CCCN1CC2(CCN(CC)CC2)C1. The minimum atomic E-state index is 0.737. The van der Waals surface area contributed by atoms with E-state index in [9.17, 15) is 0 Å². The van der Waals surface area contributed by atoms with Crippen molar-refractivity contribution < 1.29 is 0 Å². The van der Waals surface area contributed by atoms with Gasteiger partial charge in [-0.1, -0.05) is 27.7 Å². The molecule has 0 unspecified atom stereocenters. The fraction of sp³-hybridized carbons (Fsp3) is 1.00. The lowest BCUT2D eigenvalue weighted by atomic mass is 9.72. The third-order valence-electron chi connectivity index (χ3n) is 4.02. The molecule has 2 nitrogen and oxygen atoms in total. The Kier molecular flexibility index (Phi) is 5.77. The third-order valence-corrected chi connectivity index (χ3v) is 4.02. The zero-order valence-electron chi connectivity index (χ0n) is 11.8. The van der Waals surface area contributed by atoms with Crippen LogP contribution in [0.1, 0.15) is 47.0 Å². The van der Waals surface area contributed by atoms with Gasteiger partial charge in [0.25, 0.3) is 0 Å². The van der Waals surface area contributed by atoms with Crippen LogP contribution in [0.4, 0.5) is 0 Å². The molecular formula is C14H30N2. The Balaban J connectivity index is 0.000000606. The second kappa shape index (κ2) is 6.61. The van der Waals surface area contributed by atoms with E-state index in [1.165, 1.54) is 58.5 Å². The number of hydrogen-bond acceptors (Lipinski definition) is 2. The van der Waals surface area contributed by atoms with Crippen LogP contribution < -0.4 is 0 Å². The van der Waals surface area contributed by atoms with Crippen LogP contribution in [0.25, 0.3) is 0 Å². The van der Waals surface area contributed by atoms with E-state index in [0.717, 1.165) is 5.41 Å². The predicted octanol–water partition coefficient (Wildman–Crippen LogP) is 2.84. The summed E-state index contributed by atoms with van der Waals surface area (Å²) < 4.78 is 0. The molecule has 0 aromatic carbocycles. The maximum absolute atomic E-state index is 2.63. The normalized spacial score (nSPS) is 24.8. The van der Waals surface area contributed by atoms with Gasteiger partial charge in [0.2, 0.25) is 0 Å². The highest BCUT2D eigenvalue weighted by atomic mass is 15.2. The molecule has 2 heterocycles. The van der Waals surface area contributed by atoms with Crippen LogP contribution in [-0.4, -0.2) is 49.1 Å². The van der Waals surface area contributed by atoms with Crippen LogP contribution in [0, 0.1) is 5.41 Å². The summed E-state index contributed by atoms with van der Waals surface area (Å²) in [7, 11) is 0. The van der Waals surface area contributed by atoms with Crippen molar-refractivity contribution in [2.24, 2.45) is 5.41 Å². The van der Waals surface area contributed by atoms with Crippen molar-refractivity contribution >= 4 is 0 Å². The molecule has 1 spiro atoms. The van der Waals surface area contributed by atoms with Gasteiger partial charge in [0.1, 0.15) is 0 Å². The molecule has 0 atom stereocenters. The monoisotopic (exact) mass is 226 g/mol. The zero-order chi connectivity index (χ0) is 12.0. The number of piperidine rings is 1. The van der Waals surface area contributed by atoms with Crippen LogP contribution in [0.2, 0.25) is 0 Å². The van der Waals surface area contributed by atoms with Crippen molar-refractivity contribution in [1.29, 1.82) is 0 Å². The van der Waals surface area contributed by atoms with Crippen molar-refractivity contribution in [3.8, 4) is 0 Å². The smallest absolute Gasteiger partial charge is 0.00514 e. The number of nitrogens with zero attached hydrogens (tertiary/aromatic N) is 2. The van der Waals surface area contributed by atoms with Crippen LogP contribution in [-0.2, 0) is 0 Å². The minimum absolute atomic E-state index is 0.737. The lowest BCUT2D eigenvalue weighted by Crippen LogP contribution is -2.60. The molecule has 0 radical (unpaired) electrons. The van der Waals surface area contributed by atoms with Gasteiger partial charge in [0.15, 0.2) is 0 Å².